The Morgan fingerprint density at radius 3 is 2.81 bits per heavy atom. The quantitative estimate of drug-likeness (QED) is 0.751. The van der Waals surface area contributed by atoms with Crippen molar-refractivity contribution in [2.45, 2.75) is 20.3 Å². The van der Waals surface area contributed by atoms with Gasteiger partial charge in [-0.05, 0) is 24.5 Å². The Kier molecular flexibility index (Phi) is 4.99. The maximum absolute atomic E-state index is 11.2. The molecule has 0 saturated heterocycles. The largest absolute Gasteiger partial charge is 0.494 e. The van der Waals surface area contributed by atoms with Crippen LogP contribution in [0, 0.1) is 5.92 Å². The number of hydrogen-bond acceptors (Lipinski definition) is 3. The second-order valence-corrected chi connectivity index (χ2v) is 4.14. The van der Waals surface area contributed by atoms with E-state index in [1.807, 2.05) is 6.07 Å². The van der Waals surface area contributed by atoms with Crippen LogP contribution < -0.4 is 4.74 Å². The summed E-state index contributed by atoms with van der Waals surface area (Å²) in [6, 6.07) is 6.91. The van der Waals surface area contributed by atoms with Crippen LogP contribution in [0.1, 0.15) is 30.6 Å². The first-order valence-electron chi connectivity index (χ1n) is 5.50. The average molecular weight is 222 g/mol. The Hall–Kier alpha value is -1.35. The minimum absolute atomic E-state index is 0.283. The first-order valence-corrected chi connectivity index (χ1v) is 5.50. The monoisotopic (exact) mass is 222 g/mol. The molecule has 0 radical (unpaired) electrons. The second kappa shape index (κ2) is 6.28. The highest BCUT2D eigenvalue weighted by Gasteiger charge is 2.05. The Labute approximate surface area is 96.1 Å². The molecule has 3 heteroatoms. The van der Waals surface area contributed by atoms with Crippen molar-refractivity contribution >= 4 is 5.78 Å². The summed E-state index contributed by atoms with van der Waals surface area (Å²) in [6.45, 7) is 4.45. The van der Waals surface area contributed by atoms with Gasteiger partial charge >= 0.3 is 0 Å². The summed E-state index contributed by atoms with van der Waals surface area (Å²) in [5, 5.41) is 8.74. The molecule has 1 N–H and O–H groups in total. The Morgan fingerprint density at radius 1 is 1.44 bits per heavy atom. The molecule has 0 aliphatic carbocycles. The summed E-state index contributed by atoms with van der Waals surface area (Å²) in [6.07, 6.45) is 0.984. The van der Waals surface area contributed by atoms with Crippen molar-refractivity contribution in [1.29, 1.82) is 0 Å². The highest BCUT2D eigenvalue weighted by Crippen LogP contribution is 2.14. The van der Waals surface area contributed by atoms with Crippen molar-refractivity contribution < 1.29 is 14.6 Å². The van der Waals surface area contributed by atoms with Crippen LogP contribution in [0.4, 0.5) is 0 Å². The van der Waals surface area contributed by atoms with Crippen LogP contribution in [0.25, 0.3) is 0 Å². The molecule has 0 unspecified atom stereocenters. The van der Waals surface area contributed by atoms with Crippen LogP contribution in [-0.2, 0) is 0 Å². The molecular weight excluding hydrogens is 204 g/mol. The molecule has 0 fully saturated rings. The lowest BCUT2D eigenvalue weighted by atomic mass is 10.1. The van der Waals surface area contributed by atoms with Gasteiger partial charge in [0.05, 0.1) is 6.61 Å². The summed E-state index contributed by atoms with van der Waals surface area (Å²) in [7, 11) is 0. The summed E-state index contributed by atoms with van der Waals surface area (Å²) in [4.78, 5) is 11.2. The Balaban J connectivity index is 2.57. The first-order chi connectivity index (χ1) is 7.63. The van der Waals surface area contributed by atoms with Gasteiger partial charge in [-0.3, -0.25) is 4.79 Å². The lowest BCUT2D eigenvalue weighted by molar-refractivity contribution is 0.0903. The number of ether oxygens (including phenoxy) is 1. The Morgan fingerprint density at radius 2 is 2.19 bits per heavy atom. The van der Waals surface area contributed by atoms with Crippen LogP contribution in [0.5, 0.6) is 5.75 Å². The van der Waals surface area contributed by atoms with E-state index in [-0.39, 0.29) is 5.78 Å². The van der Waals surface area contributed by atoms with Gasteiger partial charge in [-0.25, -0.2) is 0 Å². The number of carbonyl (C=O) groups excluding carboxylic acids is 1. The predicted octanol–water partition coefficient (Wildman–Crippen LogP) is 2.29. The molecule has 0 aromatic heterocycles. The minimum Gasteiger partial charge on any atom is -0.494 e. The molecule has 0 aliphatic heterocycles. The van der Waals surface area contributed by atoms with Gasteiger partial charge in [0.25, 0.3) is 0 Å². The van der Waals surface area contributed by atoms with Crippen molar-refractivity contribution in [3.05, 3.63) is 29.8 Å². The average Bonchev–Trinajstić information content (AvgIpc) is 2.28. The summed E-state index contributed by atoms with van der Waals surface area (Å²) >= 11 is 0. The fraction of sp³-hybridized carbons (Fsp3) is 0.462. The van der Waals surface area contributed by atoms with Crippen LogP contribution in [0.2, 0.25) is 0 Å². The second-order valence-electron chi connectivity index (χ2n) is 4.14. The van der Waals surface area contributed by atoms with E-state index < -0.39 is 6.61 Å². The van der Waals surface area contributed by atoms with E-state index in [2.05, 4.69) is 13.8 Å². The number of benzene rings is 1. The van der Waals surface area contributed by atoms with E-state index in [9.17, 15) is 4.79 Å². The normalized spacial score (nSPS) is 10.5. The van der Waals surface area contributed by atoms with Gasteiger partial charge in [-0.15, -0.1) is 0 Å². The number of aliphatic hydroxyl groups excluding tert-OH is 1. The number of hydrogen-bond donors (Lipinski definition) is 1. The lowest BCUT2D eigenvalue weighted by Crippen LogP contribution is -2.05. The maximum atomic E-state index is 11.2. The van der Waals surface area contributed by atoms with E-state index in [4.69, 9.17) is 9.84 Å². The zero-order valence-corrected chi connectivity index (χ0v) is 9.77. The summed E-state index contributed by atoms with van der Waals surface area (Å²) in [5.74, 6) is 0.997. The van der Waals surface area contributed by atoms with Crippen molar-refractivity contribution in [3.8, 4) is 5.75 Å². The van der Waals surface area contributed by atoms with Crippen LogP contribution in [0.15, 0.2) is 24.3 Å². The highest BCUT2D eigenvalue weighted by atomic mass is 16.5. The third-order valence-corrected chi connectivity index (χ3v) is 2.26. The topological polar surface area (TPSA) is 46.5 Å². The molecule has 0 bridgehead atoms. The van der Waals surface area contributed by atoms with E-state index in [0.717, 1.165) is 6.42 Å². The smallest absolute Gasteiger partial charge is 0.188 e. The molecule has 0 atom stereocenters. The molecule has 3 nitrogen and oxygen atoms in total. The molecule has 0 amide bonds. The number of carbonyl (C=O) groups is 1. The number of ketones is 1. The van der Waals surface area contributed by atoms with Crippen LogP contribution in [0.3, 0.4) is 0 Å². The standard InChI is InChI=1S/C13H18O3/c1-10(2)6-7-16-12-5-3-4-11(8-12)13(15)9-14/h3-5,8,10,14H,6-7,9H2,1-2H3. The van der Waals surface area contributed by atoms with Gasteiger partial charge < -0.3 is 9.84 Å². The molecule has 16 heavy (non-hydrogen) atoms. The lowest BCUT2D eigenvalue weighted by Gasteiger charge is -2.08. The minimum atomic E-state index is -0.463. The van der Waals surface area contributed by atoms with Gasteiger partial charge in [0.1, 0.15) is 12.4 Å². The molecule has 1 rings (SSSR count). The van der Waals surface area contributed by atoms with Crippen molar-refractivity contribution in [2.24, 2.45) is 5.92 Å². The van der Waals surface area contributed by atoms with Crippen LogP contribution in [-0.4, -0.2) is 24.1 Å². The molecule has 0 heterocycles. The van der Waals surface area contributed by atoms with Crippen LogP contribution >= 0.6 is 0 Å². The zero-order valence-electron chi connectivity index (χ0n) is 9.77. The van der Waals surface area contributed by atoms with E-state index in [1.165, 1.54) is 0 Å². The summed E-state index contributed by atoms with van der Waals surface area (Å²) < 4.78 is 5.52. The third-order valence-electron chi connectivity index (χ3n) is 2.26. The van der Waals surface area contributed by atoms with Gasteiger partial charge in [0.15, 0.2) is 5.78 Å². The van der Waals surface area contributed by atoms with Gasteiger partial charge in [-0.2, -0.15) is 0 Å². The zero-order chi connectivity index (χ0) is 12.0. The third kappa shape index (κ3) is 4.03. The predicted molar refractivity (Wildman–Crippen MR) is 62.8 cm³/mol. The number of Topliss-reactive ketones (excluding diaryl/α,β-unsaturated/α-hetero) is 1. The van der Waals surface area contributed by atoms with Crippen molar-refractivity contribution in [2.75, 3.05) is 13.2 Å². The number of rotatable bonds is 6. The molecule has 0 aliphatic rings. The molecule has 1 aromatic carbocycles. The molecular formula is C13H18O3. The summed E-state index contributed by atoms with van der Waals surface area (Å²) in [5.41, 5.74) is 0.490. The van der Waals surface area contributed by atoms with E-state index in [0.29, 0.717) is 23.8 Å². The molecule has 1 aromatic rings. The van der Waals surface area contributed by atoms with E-state index >= 15 is 0 Å². The van der Waals surface area contributed by atoms with Crippen molar-refractivity contribution in [1.82, 2.24) is 0 Å². The number of aliphatic hydroxyl groups is 1. The maximum Gasteiger partial charge on any atom is 0.188 e. The fourth-order valence-corrected chi connectivity index (χ4v) is 1.26. The SMILES string of the molecule is CC(C)CCOc1cccc(C(=O)CO)c1. The van der Waals surface area contributed by atoms with E-state index in [1.54, 1.807) is 18.2 Å². The Bertz CT molecular complexity index is 345. The first kappa shape index (κ1) is 12.7. The highest BCUT2D eigenvalue weighted by molar-refractivity contribution is 5.97. The van der Waals surface area contributed by atoms with Crippen molar-refractivity contribution in [3.63, 3.8) is 0 Å². The fourth-order valence-electron chi connectivity index (χ4n) is 1.26. The molecule has 0 saturated carbocycles. The molecule has 88 valence electrons. The van der Waals surface area contributed by atoms with Gasteiger partial charge in [0, 0.05) is 5.56 Å². The molecule has 0 spiro atoms. The van der Waals surface area contributed by atoms with Gasteiger partial charge in [-0.1, -0.05) is 26.0 Å². The van der Waals surface area contributed by atoms with Gasteiger partial charge in [0.2, 0.25) is 0 Å².